The quantitative estimate of drug-likeness (QED) is 0.657. The van der Waals surface area contributed by atoms with E-state index < -0.39 is 23.9 Å². The highest BCUT2D eigenvalue weighted by molar-refractivity contribution is 6.31. The number of amides is 3. The van der Waals surface area contributed by atoms with Crippen molar-refractivity contribution in [1.82, 2.24) is 5.32 Å². The average molecular weight is 300 g/mol. The first-order valence-corrected chi connectivity index (χ1v) is 6.06. The average Bonchev–Trinajstić information content (AvgIpc) is 2.26. The van der Waals surface area contributed by atoms with Crippen LogP contribution in [0.15, 0.2) is 18.2 Å². The Morgan fingerprint density at radius 3 is 2.60 bits per heavy atom. The van der Waals surface area contributed by atoms with Crippen molar-refractivity contribution in [2.75, 3.05) is 5.32 Å². The number of nitrogens with one attached hydrogen (secondary N) is 2. The van der Waals surface area contributed by atoms with E-state index >= 15 is 0 Å². The molecular weight excluding hydrogens is 286 g/mol. The molecule has 0 saturated carbocycles. The van der Waals surface area contributed by atoms with Crippen LogP contribution in [0.25, 0.3) is 0 Å². The van der Waals surface area contributed by atoms with E-state index in [2.05, 4.69) is 10.6 Å². The number of aromatic carboxylic acids is 1. The highest BCUT2D eigenvalue weighted by atomic mass is 35.5. The Morgan fingerprint density at radius 2 is 2.05 bits per heavy atom. The molecule has 20 heavy (non-hydrogen) atoms. The maximum absolute atomic E-state index is 11.7. The number of urea groups is 1. The molecule has 0 aromatic heterocycles. The van der Waals surface area contributed by atoms with Crippen molar-refractivity contribution in [1.29, 1.82) is 0 Å². The van der Waals surface area contributed by atoms with E-state index in [9.17, 15) is 14.4 Å². The number of carbonyl (C=O) groups excluding carboxylic acids is 2. The van der Waals surface area contributed by atoms with Gasteiger partial charge in [-0.05, 0) is 25.1 Å². The molecule has 0 saturated heterocycles. The van der Waals surface area contributed by atoms with E-state index in [0.717, 1.165) is 0 Å². The van der Waals surface area contributed by atoms with E-state index in [1.807, 2.05) is 0 Å². The van der Waals surface area contributed by atoms with Crippen molar-refractivity contribution in [3.63, 3.8) is 0 Å². The van der Waals surface area contributed by atoms with Gasteiger partial charge in [-0.25, -0.2) is 9.59 Å². The molecule has 0 bridgehead atoms. The number of carboxylic acids is 1. The van der Waals surface area contributed by atoms with Crippen LogP contribution < -0.4 is 16.4 Å². The fraction of sp³-hybridized carbons (Fsp3) is 0.250. The van der Waals surface area contributed by atoms with Gasteiger partial charge in [0, 0.05) is 17.5 Å². The van der Waals surface area contributed by atoms with Crippen LogP contribution in [0.4, 0.5) is 10.5 Å². The molecule has 0 aliphatic rings. The molecule has 1 aromatic carbocycles. The van der Waals surface area contributed by atoms with Crippen LogP contribution in [0, 0.1) is 0 Å². The molecule has 1 atom stereocenters. The van der Waals surface area contributed by atoms with E-state index in [0.29, 0.717) is 0 Å². The smallest absolute Gasteiger partial charge is 0.337 e. The number of benzene rings is 1. The Labute approximate surface area is 120 Å². The summed E-state index contributed by atoms with van der Waals surface area (Å²) >= 11 is 5.75. The minimum absolute atomic E-state index is 0.0191. The SMILES string of the molecule is CC(CC(N)=O)NC(=O)Nc1cc(Cl)ccc1C(=O)O. The Bertz CT molecular complexity index is 548. The molecule has 1 aromatic rings. The molecule has 0 aliphatic heterocycles. The molecular formula is C12H14ClN3O4. The van der Waals surface area contributed by atoms with E-state index in [1.54, 1.807) is 6.92 Å². The zero-order valence-electron chi connectivity index (χ0n) is 10.6. The minimum atomic E-state index is -1.19. The monoisotopic (exact) mass is 299 g/mol. The standard InChI is InChI=1S/C12H14ClN3O4/c1-6(4-10(14)17)15-12(20)16-9-5-7(13)2-3-8(9)11(18)19/h2-3,5-6H,4H2,1H3,(H2,14,17)(H,18,19)(H2,15,16,20). The van der Waals surface area contributed by atoms with Gasteiger partial charge in [-0.1, -0.05) is 11.6 Å². The lowest BCUT2D eigenvalue weighted by atomic mass is 10.2. The molecule has 3 amide bonds. The van der Waals surface area contributed by atoms with Gasteiger partial charge in [0.2, 0.25) is 5.91 Å². The molecule has 0 fully saturated rings. The van der Waals surface area contributed by atoms with Gasteiger partial charge in [0.1, 0.15) is 0 Å². The Balaban J connectivity index is 2.77. The Hall–Kier alpha value is -2.28. The number of anilines is 1. The molecule has 7 nitrogen and oxygen atoms in total. The third kappa shape index (κ3) is 4.77. The summed E-state index contributed by atoms with van der Waals surface area (Å²) in [5.74, 6) is -1.74. The highest BCUT2D eigenvalue weighted by Gasteiger charge is 2.15. The van der Waals surface area contributed by atoms with Crippen LogP contribution in [-0.4, -0.2) is 29.1 Å². The summed E-state index contributed by atoms with van der Waals surface area (Å²) in [6.07, 6.45) is -0.0191. The van der Waals surface area contributed by atoms with Gasteiger partial charge in [0.05, 0.1) is 11.3 Å². The lowest BCUT2D eigenvalue weighted by molar-refractivity contribution is -0.118. The molecule has 108 valence electrons. The second-order valence-corrected chi connectivity index (χ2v) is 4.60. The number of nitrogens with two attached hydrogens (primary N) is 1. The second kappa shape index (κ2) is 6.76. The molecule has 0 aliphatic carbocycles. The number of rotatable bonds is 5. The number of hydrogen-bond donors (Lipinski definition) is 4. The van der Waals surface area contributed by atoms with E-state index in [-0.39, 0.29) is 22.7 Å². The van der Waals surface area contributed by atoms with Crippen LogP contribution in [0.1, 0.15) is 23.7 Å². The molecule has 8 heteroatoms. The van der Waals surface area contributed by atoms with Gasteiger partial charge in [-0.3, -0.25) is 4.79 Å². The summed E-state index contributed by atoms with van der Waals surface area (Å²) < 4.78 is 0. The molecule has 0 spiro atoms. The van der Waals surface area contributed by atoms with Crippen LogP contribution in [0.5, 0.6) is 0 Å². The van der Waals surface area contributed by atoms with Gasteiger partial charge in [0.25, 0.3) is 0 Å². The van der Waals surface area contributed by atoms with E-state index in [1.165, 1.54) is 18.2 Å². The predicted molar refractivity (Wildman–Crippen MR) is 73.8 cm³/mol. The molecule has 1 rings (SSSR count). The number of primary amides is 1. The molecule has 0 heterocycles. The maximum atomic E-state index is 11.7. The zero-order chi connectivity index (χ0) is 15.3. The summed E-state index contributed by atoms with van der Waals surface area (Å²) in [6.45, 7) is 1.60. The van der Waals surface area contributed by atoms with Crippen molar-refractivity contribution in [2.24, 2.45) is 5.73 Å². The predicted octanol–water partition coefficient (Wildman–Crippen LogP) is 1.42. The summed E-state index contributed by atoms with van der Waals surface area (Å²) in [4.78, 5) is 33.4. The first kappa shape index (κ1) is 15.8. The summed E-state index contributed by atoms with van der Waals surface area (Å²) in [6, 6.07) is 2.89. The second-order valence-electron chi connectivity index (χ2n) is 4.17. The first-order valence-electron chi connectivity index (χ1n) is 5.68. The largest absolute Gasteiger partial charge is 0.478 e. The Kier molecular flexibility index (Phi) is 5.33. The van der Waals surface area contributed by atoms with Crippen molar-refractivity contribution >= 4 is 35.2 Å². The van der Waals surface area contributed by atoms with Crippen molar-refractivity contribution < 1.29 is 19.5 Å². The summed E-state index contributed by atoms with van der Waals surface area (Å²) in [5.41, 5.74) is 4.97. The zero-order valence-corrected chi connectivity index (χ0v) is 11.4. The molecule has 1 unspecified atom stereocenters. The minimum Gasteiger partial charge on any atom is -0.478 e. The van der Waals surface area contributed by atoms with Crippen LogP contribution in [0.3, 0.4) is 0 Å². The van der Waals surface area contributed by atoms with Crippen LogP contribution >= 0.6 is 11.6 Å². The van der Waals surface area contributed by atoms with Crippen LogP contribution in [-0.2, 0) is 4.79 Å². The lowest BCUT2D eigenvalue weighted by Crippen LogP contribution is -2.38. The van der Waals surface area contributed by atoms with Crippen molar-refractivity contribution in [3.05, 3.63) is 28.8 Å². The van der Waals surface area contributed by atoms with Crippen LogP contribution in [0.2, 0.25) is 5.02 Å². The third-order valence-electron chi connectivity index (χ3n) is 2.35. The van der Waals surface area contributed by atoms with Gasteiger partial charge in [-0.2, -0.15) is 0 Å². The molecule has 0 radical (unpaired) electrons. The summed E-state index contributed by atoms with van der Waals surface area (Å²) in [5, 5.41) is 14.1. The third-order valence-corrected chi connectivity index (χ3v) is 2.58. The summed E-state index contributed by atoms with van der Waals surface area (Å²) in [7, 11) is 0. The topological polar surface area (TPSA) is 122 Å². The van der Waals surface area contributed by atoms with Crippen molar-refractivity contribution in [2.45, 2.75) is 19.4 Å². The number of hydrogen-bond acceptors (Lipinski definition) is 3. The van der Waals surface area contributed by atoms with Gasteiger partial charge in [-0.15, -0.1) is 0 Å². The Morgan fingerprint density at radius 1 is 1.40 bits per heavy atom. The first-order chi connectivity index (χ1) is 9.29. The highest BCUT2D eigenvalue weighted by Crippen LogP contribution is 2.21. The van der Waals surface area contributed by atoms with Gasteiger partial charge < -0.3 is 21.5 Å². The number of carbonyl (C=O) groups is 3. The van der Waals surface area contributed by atoms with Gasteiger partial charge >= 0.3 is 12.0 Å². The number of halogens is 1. The fourth-order valence-electron chi connectivity index (χ4n) is 1.54. The molecule has 5 N–H and O–H groups in total. The maximum Gasteiger partial charge on any atom is 0.337 e. The normalized spacial score (nSPS) is 11.5. The van der Waals surface area contributed by atoms with E-state index in [4.69, 9.17) is 22.4 Å². The van der Waals surface area contributed by atoms with Crippen molar-refractivity contribution in [3.8, 4) is 0 Å². The fourth-order valence-corrected chi connectivity index (χ4v) is 1.71. The van der Waals surface area contributed by atoms with Gasteiger partial charge in [0.15, 0.2) is 0 Å². The lowest BCUT2D eigenvalue weighted by Gasteiger charge is -2.14. The number of carboxylic acid groups (broad SMARTS) is 1.